The van der Waals surface area contributed by atoms with E-state index in [-0.39, 0.29) is 11.9 Å². The Morgan fingerprint density at radius 1 is 0.969 bits per heavy atom. The second kappa shape index (κ2) is 9.65. The molecule has 2 aromatic carbocycles. The number of anilines is 3. The van der Waals surface area contributed by atoms with Crippen molar-refractivity contribution in [2.24, 2.45) is 0 Å². The molecule has 8 heteroatoms. The summed E-state index contributed by atoms with van der Waals surface area (Å²) in [4.78, 5) is 39.6. The number of fused-ring (bicyclic) bond motifs is 1. The fraction of sp³-hybridized carbons (Fsp3) is 0.208. The molecule has 3 N–H and O–H groups in total. The Morgan fingerprint density at radius 2 is 1.75 bits per heavy atom. The van der Waals surface area contributed by atoms with Gasteiger partial charge in [0.05, 0.1) is 6.04 Å². The van der Waals surface area contributed by atoms with Crippen molar-refractivity contribution >= 4 is 46.1 Å². The van der Waals surface area contributed by atoms with Gasteiger partial charge in [0.25, 0.3) is 0 Å². The first-order valence-electron chi connectivity index (χ1n) is 10.4. The average Bonchev–Trinajstić information content (AvgIpc) is 3.44. The van der Waals surface area contributed by atoms with Gasteiger partial charge >= 0.3 is 11.8 Å². The van der Waals surface area contributed by atoms with Crippen LogP contribution in [0, 0.1) is 0 Å². The molecule has 0 bridgehead atoms. The van der Waals surface area contributed by atoms with Gasteiger partial charge in [0.15, 0.2) is 0 Å². The third-order valence-electron chi connectivity index (χ3n) is 5.27. The van der Waals surface area contributed by atoms with Crippen LogP contribution in [0.1, 0.15) is 23.4 Å². The van der Waals surface area contributed by atoms with Gasteiger partial charge in [-0.3, -0.25) is 14.4 Å². The molecule has 0 radical (unpaired) electrons. The molecule has 164 valence electrons. The summed E-state index contributed by atoms with van der Waals surface area (Å²) < 4.78 is 0. The zero-order valence-electron chi connectivity index (χ0n) is 17.6. The largest absolute Gasteiger partial charge is 0.361 e. The molecule has 7 nitrogen and oxygen atoms in total. The lowest BCUT2D eigenvalue weighted by Crippen LogP contribution is -2.41. The zero-order valence-corrected chi connectivity index (χ0v) is 18.4. The van der Waals surface area contributed by atoms with Crippen molar-refractivity contribution in [1.82, 2.24) is 5.32 Å². The van der Waals surface area contributed by atoms with Gasteiger partial charge in [0.1, 0.15) is 0 Å². The number of hydrogen-bond donors (Lipinski definition) is 3. The van der Waals surface area contributed by atoms with Crippen molar-refractivity contribution in [3.63, 3.8) is 0 Å². The number of nitrogens with one attached hydrogen (secondary N) is 3. The molecule has 0 saturated carbocycles. The van der Waals surface area contributed by atoms with Crippen LogP contribution >= 0.6 is 11.3 Å². The van der Waals surface area contributed by atoms with Crippen molar-refractivity contribution < 1.29 is 14.4 Å². The lowest BCUT2D eigenvalue weighted by molar-refractivity contribution is -0.136. The lowest BCUT2D eigenvalue weighted by Gasteiger charge is -2.30. The number of thiophene rings is 1. The Bertz CT molecular complexity index is 1130. The summed E-state index contributed by atoms with van der Waals surface area (Å²) in [5.41, 5.74) is 3.43. The normalized spacial score (nSPS) is 13.2. The smallest absolute Gasteiger partial charge is 0.313 e. The number of para-hydroxylation sites is 1. The van der Waals surface area contributed by atoms with E-state index in [9.17, 15) is 14.4 Å². The summed E-state index contributed by atoms with van der Waals surface area (Å²) >= 11 is 1.63. The summed E-state index contributed by atoms with van der Waals surface area (Å²) in [6, 6.07) is 18.9. The van der Waals surface area contributed by atoms with E-state index in [0.29, 0.717) is 17.9 Å². The maximum atomic E-state index is 12.5. The van der Waals surface area contributed by atoms with Crippen LogP contribution in [0.4, 0.5) is 17.1 Å². The molecule has 0 unspecified atom stereocenters. The van der Waals surface area contributed by atoms with Crippen LogP contribution in [-0.4, -0.2) is 30.8 Å². The Hall–Kier alpha value is -3.65. The summed E-state index contributed by atoms with van der Waals surface area (Å²) in [5, 5.41) is 10.0. The van der Waals surface area contributed by atoms with Crippen LogP contribution in [0.15, 0.2) is 66.0 Å². The number of amides is 3. The molecule has 0 saturated heterocycles. The maximum absolute atomic E-state index is 12.5. The van der Waals surface area contributed by atoms with Crippen molar-refractivity contribution in [3.05, 3.63) is 76.5 Å². The van der Waals surface area contributed by atoms with Crippen molar-refractivity contribution in [1.29, 1.82) is 0 Å². The second-order valence-electron chi connectivity index (χ2n) is 7.53. The van der Waals surface area contributed by atoms with Gasteiger partial charge < -0.3 is 20.9 Å². The van der Waals surface area contributed by atoms with E-state index in [1.165, 1.54) is 18.2 Å². The number of carbonyl (C=O) groups is 3. The zero-order chi connectivity index (χ0) is 22.5. The van der Waals surface area contributed by atoms with Gasteiger partial charge in [-0.05, 0) is 47.7 Å². The van der Waals surface area contributed by atoms with E-state index in [2.05, 4.69) is 39.0 Å². The standard InChI is InChI=1S/C24H24N4O3S/c1-16(29)26-18-7-4-8-19(14-18)27-24(31)23(30)25-15-21(22-10-5-13-32-22)28-12-11-17-6-2-3-9-20(17)28/h2-10,13-14,21H,11-12,15H2,1H3,(H,25,30)(H,26,29)(H,27,31)/t21-/m1/s1. The summed E-state index contributed by atoms with van der Waals surface area (Å²) in [6.07, 6.45) is 0.955. The second-order valence-corrected chi connectivity index (χ2v) is 8.51. The Labute approximate surface area is 190 Å². The number of carbonyl (C=O) groups excluding carboxylic acids is 3. The Balaban J connectivity index is 1.42. The molecule has 2 heterocycles. The fourth-order valence-corrected chi connectivity index (χ4v) is 4.71. The number of hydrogen-bond acceptors (Lipinski definition) is 5. The molecule has 4 rings (SSSR count). The van der Waals surface area contributed by atoms with E-state index in [1.54, 1.807) is 35.6 Å². The summed E-state index contributed by atoms with van der Waals surface area (Å²) in [6.45, 7) is 2.58. The van der Waals surface area contributed by atoms with Crippen LogP contribution in [0.25, 0.3) is 0 Å². The molecule has 0 fully saturated rings. The molecule has 0 spiro atoms. The van der Waals surface area contributed by atoms with E-state index in [0.717, 1.165) is 17.8 Å². The van der Waals surface area contributed by atoms with Gasteiger partial charge in [-0.25, -0.2) is 0 Å². The first-order chi connectivity index (χ1) is 15.5. The van der Waals surface area contributed by atoms with Crippen molar-refractivity contribution in [3.8, 4) is 0 Å². The third-order valence-corrected chi connectivity index (χ3v) is 6.25. The van der Waals surface area contributed by atoms with Crippen LogP contribution in [0.2, 0.25) is 0 Å². The van der Waals surface area contributed by atoms with E-state index < -0.39 is 11.8 Å². The van der Waals surface area contributed by atoms with E-state index in [1.807, 2.05) is 23.6 Å². The first-order valence-corrected chi connectivity index (χ1v) is 11.2. The van der Waals surface area contributed by atoms with Crippen molar-refractivity contribution in [2.75, 3.05) is 28.6 Å². The van der Waals surface area contributed by atoms with Crippen LogP contribution in [0.5, 0.6) is 0 Å². The van der Waals surface area contributed by atoms with Crippen LogP contribution < -0.4 is 20.9 Å². The molecule has 32 heavy (non-hydrogen) atoms. The third kappa shape index (κ3) is 4.97. The molecule has 1 aromatic heterocycles. The predicted octanol–water partition coefficient (Wildman–Crippen LogP) is 3.57. The minimum absolute atomic E-state index is 0.0569. The van der Waals surface area contributed by atoms with Crippen LogP contribution in [-0.2, 0) is 20.8 Å². The Morgan fingerprint density at radius 3 is 2.50 bits per heavy atom. The Kier molecular flexibility index (Phi) is 6.51. The maximum Gasteiger partial charge on any atom is 0.313 e. The quantitative estimate of drug-likeness (QED) is 0.503. The fourth-order valence-electron chi connectivity index (χ4n) is 3.87. The van der Waals surface area contributed by atoms with Crippen molar-refractivity contribution in [2.45, 2.75) is 19.4 Å². The molecule has 1 aliphatic heterocycles. The molecule has 1 aliphatic rings. The molecule has 0 aliphatic carbocycles. The highest BCUT2D eigenvalue weighted by atomic mass is 32.1. The molecular formula is C24H24N4O3S. The highest BCUT2D eigenvalue weighted by Crippen LogP contribution is 2.36. The van der Waals surface area contributed by atoms with E-state index in [4.69, 9.17) is 0 Å². The topological polar surface area (TPSA) is 90.5 Å². The van der Waals surface area contributed by atoms with Gasteiger partial charge in [-0.15, -0.1) is 11.3 Å². The van der Waals surface area contributed by atoms with Gasteiger partial charge in [0, 0.05) is 42.0 Å². The van der Waals surface area contributed by atoms with E-state index >= 15 is 0 Å². The number of benzene rings is 2. The molecule has 3 aromatic rings. The average molecular weight is 449 g/mol. The minimum Gasteiger partial charge on any atom is -0.361 e. The highest BCUT2D eigenvalue weighted by Gasteiger charge is 2.28. The summed E-state index contributed by atoms with van der Waals surface area (Å²) in [7, 11) is 0. The van der Waals surface area contributed by atoms with Crippen LogP contribution in [0.3, 0.4) is 0 Å². The summed E-state index contributed by atoms with van der Waals surface area (Å²) in [5.74, 6) is -1.67. The molecule has 3 amide bonds. The SMILES string of the molecule is CC(=O)Nc1cccc(NC(=O)C(=O)NC[C@H](c2cccs2)N2CCc3ccccc32)c1. The minimum atomic E-state index is -0.753. The van der Waals surface area contributed by atoms with Gasteiger partial charge in [0.2, 0.25) is 5.91 Å². The van der Waals surface area contributed by atoms with Gasteiger partial charge in [-0.1, -0.05) is 30.3 Å². The molecular weight excluding hydrogens is 424 g/mol. The monoisotopic (exact) mass is 448 g/mol. The number of rotatable bonds is 6. The first kappa shape index (κ1) is 21.6. The highest BCUT2D eigenvalue weighted by molar-refractivity contribution is 7.10. The molecule has 1 atom stereocenters. The lowest BCUT2D eigenvalue weighted by atomic mass is 10.1. The number of nitrogens with zero attached hydrogens (tertiary/aromatic N) is 1. The van der Waals surface area contributed by atoms with Gasteiger partial charge in [-0.2, -0.15) is 0 Å². The predicted molar refractivity (Wildman–Crippen MR) is 127 cm³/mol.